The van der Waals surface area contributed by atoms with Gasteiger partial charge in [0.1, 0.15) is 11.3 Å². The number of methoxy groups -OCH3 is 1. The molecular weight excluding hydrogens is 384 g/mol. The van der Waals surface area contributed by atoms with Crippen molar-refractivity contribution in [2.45, 2.75) is 20.5 Å². The van der Waals surface area contributed by atoms with Gasteiger partial charge in [-0.25, -0.2) is 9.48 Å². The minimum Gasteiger partial charge on any atom is -0.497 e. The van der Waals surface area contributed by atoms with Crippen molar-refractivity contribution in [1.29, 1.82) is 0 Å². The lowest BCUT2D eigenvalue weighted by Gasteiger charge is -2.05. The van der Waals surface area contributed by atoms with Gasteiger partial charge in [0.15, 0.2) is 6.61 Å². The van der Waals surface area contributed by atoms with Crippen LogP contribution in [0.3, 0.4) is 0 Å². The van der Waals surface area contributed by atoms with Crippen LogP contribution in [0.4, 0.5) is 0 Å². The Morgan fingerprint density at radius 3 is 2.50 bits per heavy atom. The number of para-hydroxylation sites is 1. The van der Waals surface area contributed by atoms with E-state index in [4.69, 9.17) is 14.0 Å². The van der Waals surface area contributed by atoms with Gasteiger partial charge in [-0.2, -0.15) is 10.1 Å². The molecule has 4 aromatic rings. The molecule has 2 aromatic carbocycles. The largest absolute Gasteiger partial charge is 0.497 e. The fourth-order valence-electron chi connectivity index (χ4n) is 3.13. The maximum atomic E-state index is 12.7. The minimum absolute atomic E-state index is 0.128. The van der Waals surface area contributed by atoms with Crippen LogP contribution in [0.15, 0.2) is 59.1 Å². The van der Waals surface area contributed by atoms with Crippen LogP contribution in [-0.4, -0.2) is 33.0 Å². The highest BCUT2D eigenvalue weighted by Gasteiger charge is 2.21. The van der Waals surface area contributed by atoms with Crippen molar-refractivity contribution >= 4 is 5.97 Å². The van der Waals surface area contributed by atoms with Crippen LogP contribution in [0.25, 0.3) is 17.1 Å². The first-order chi connectivity index (χ1) is 14.6. The fourth-order valence-corrected chi connectivity index (χ4v) is 3.13. The number of hydrogen-bond acceptors (Lipinski definition) is 7. The van der Waals surface area contributed by atoms with Gasteiger partial charge in [0.2, 0.25) is 5.82 Å². The summed E-state index contributed by atoms with van der Waals surface area (Å²) in [7, 11) is 1.60. The van der Waals surface area contributed by atoms with E-state index in [1.54, 1.807) is 30.8 Å². The molecular formula is C22H20N4O4. The monoisotopic (exact) mass is 404 g/mol. The van der Waals surface area contributed by atoms with E-state index in [9.17, 15) is 4.79 Å². The summed E-state index contributed by atoms with van der Waals surface area (Å²) in [5, 5.41) is 8.41. The third kappa shape index (κ3) is 3.80. The summed E-state index contributed by atoms with van der Waals surface area (Å²) in [4.78, 5) is 17.0. The number of aryl methyl sites for hydroxylation is 1. The highest BCUT2D eigenvalue weighted by atomic mass is 16.6. The first kappa shape index (κ1) is 19.4. The van der Waals surface area contributed by atoms with Crippen LogP contribution in [-0.2, 0) is 11.3 Å². The second-order valence-corrected chi connectivity index (χ2v) is 6.61. The Balaban J connectivity index is 1.47. The van der Waals surface area contributed by atoms with Crippen molar-refractivity contribution in [2.24, 2.45) is 0 Å². The van der Waals surface area contributed by atoms with Crippen LogP contribution in [0.2, 0.25) is 0 Å². The average molecular weight is 404 g/mol. The predicted molar refractivity (Wildman–Crippen MR) is 108 cm³/mol. The molecule has 8 nitrogen and oxygen atoms in total. The van der Waals surface area contributed by atoms with Crippen molar-refractivity contribution < 1.29 is 18.8 Å². The van der Waals surface area contributed by atoms with E-state index >= 15 is 0 Å². The number of carbonyl (C=O) groups excluding carboxylic acids is 1. The molecule has 0 N–H and O–H groups in total. The van der Waals surface area contributed by atoms with E-state index in [1.165, 1.54) is 0 Å². The Hall–Kier alpha value is -3.94. The van der Waals surface area contributed by atoms with E-state index in [2.05, 4.69) is 15.2 Å². The van der Waals surface area contributed by atoms with Gasteiger partial charge in [-0.05, 0) is 50.2 Å². The Labute approximate surface area is 173 Å². The van der Waals surface area contributed by atoms with Gasteiger partial charge >= 0.3 is 5.97 Å². The third-order valence-corrected chi connectivity index (χ3v) is 4.64. The van der Waals surface area contributed by atoms with Gasteiger partial charge in [-0.15, -0.1) is 0 Å². The zero-order valence-corrected chi connectivity index (χ0v) is 16.8. The molecule has 0 saturated heterocycles. The maximum absolute atomic E-state index is 12.7. The third-order valence-electron chi connectivity index (χ3n) is 4.64. The summed E-state index contributed by atoms with van der Waals surface area (Å²) in [5.74, 6) is 0.863. The number of nitrogens with zero attached hydrogens (tertiary/aromatic N) is 4. The van der Waals surface area contributed by atoms with E-state index in [0.29, 0.717) is 22.8 Å². The topological polar surface area (TPSA) is 92.3 Å². The molecule has 2 aromatic heterocycles. The Morgan fingerprint density at radius 1 is 1.07 bits per heavy atom. The van der Waals surface area contributed by atoms with Gasteiger partial charge < -0.3 is 14.0 Å². The molecule has 0 radical (unpaired) electrons. The van der Waals surface area contributed by atoms with Gasteiger partial charge in [0.25, 0.3) is 5.89 Å². The number of hydrogen-bond donors (Lipinski definition) is 0. The Kier molecular flexibility index (Phi) is 5.30. The normalized spacial score (nSPS) is 10.8. The number of esters is 1. The lowest BCUT2D eigenvalue weighted by molar-refractivity contribution is 0.0428. The van der Waals surface area contributed by atoms with Crippen molar-refractivity contribution in [2.75, 3.05) is 7.11 Å². The fraction of sp³-hybridized carbons (Fsp3) is 0.182. The quantitative estimate of drug-likeness (QED) is 0.450. The Morgan fingerprint density at radius 2 is 1.80 bits per heavy atom. The van der Waals surface area contributed by atoms with Gasteiger partial charge in [0, 0.05) is 5.56 Å². The SMILES string of the molecule is COc1ccc(-c2noc(COC(=O)c3c(C)nn(-c4ccccc4)c3C)n2)cc1. The van der Waals surface area contributed by atoms with Gasteiger partial charge in [-0.1, -0.05) is 23.4 Å². The van der Waals surface area contributed by atoms with Crippen LogP contribution < -0.4 is 4.74 Å². The van der Waals surface area contributed by atoms with E-state index in [0.717, 1.165) is 17.0 Å². The first-order valence-electron chi connectivity index (χ1n) is 9.32. The first-order valence-corrected chi connectivity index (χ1v) is 9.32. The molecule has 4 rings (SSSR count). The molecule has 0 atom stereocenters. The summed E-state index contributed by atoms with van der Waals surface area (Å²) < 4.78 is 17.5. The zero-order chi connectivity index (χ0) is 21.1. The molecule has 0 aliphatic rings. The summed E-state index contributed by atoms with van der Waals surface area (Å²) in [6.07, 6.45) is 0. The molecule has 0 fully saturated rings. The predicted octanol–water partition coefficient (Wildman–Crippen LogP) is 3.90. The summed E-state index contributed by atoms with van der Waals surface area (Å²) in [6, 6.07) is 16.9. The van der Waals surface area contributed by atoms with Crippen molar-refractivity contribution in [1.82, 2.24) is 19.9 Å². The van der Waals surface area contributed by atoms with Gasteiger partial charge in [0.05, 0.1) is 24.2 Å². The number of rotatable bonds is 6. The molecule has 0 aliphatic carbocycles. The summed E-state index contributed by atoms with van der Waals surface area (Å²) >= 11 is 0. The molecule has 8 heteroatoms. The molecule has 0 unspecified atom stereocenters. The highest BCUT2D eigenvalue weighted by Crippen LogP contribution is 2.21. The standard InChI is InChI=1S/C22H20N4O4/c1-14-20(15(2)26(24-14)17-7-5-4-6-8-17)22(27)29-13-19-23-21(25-30-19)16-9-11-18(28-3)12-10-16/h4-12H,13H2,1-3H3. The number of carbonyl (C=O) groups is 1. The lowest BCUT2D eigenvalue weighted by atomic mass is 10.2. The minimum atomic E-state index is -0.489. The van der Waals surface area contributed by atoms with Crippen LogP contribution in [0.1, 0.15) is 27.6 Å². The summed E-state index contributed by atoms with van der Waals surface area (Å²) in [6.45, 7) is 3.48. The lowest BCUT2D eigenvalue weighted by Crippen LogP contribution is -2.08. The smallest absolute Gasteiger partial charge is 0.342 e. The van der Waals surface area contributed by atoms with Crippen molar-refractivity contribution in [3.63, 3.8) is 0 Å². The molecule has 152 valence electrons. The second-order valence-electron chi connectivity index (χ2n) is 6.61. The molecule has 0 bridgehead atoms. The average Bonchev–Trinajstić information content (AvgIpc) is 3.37. The van der Waals surface area contributed by atoms with Crippen LogP contribution in [0.5, 0.6) is 5.75 Å². The molecule has 0 amide bonds. The van der Waals surface area contributed by atoms with Crippen LogP contribution >= 0.6 is 0 Å². The molecule has 30 heavy (non-hydrogen) atoms. The highest BCUT2D eigenvalue weighted by molar-refractivity contribution is 5.92. The second kappa shape index (κ2) is 8.20. The van der Waals surface area contributed by atoms with E-state index < -0.39 is 5.97 Å². The van der Waals surface area contributed by atoms with E-state index in [1.807, 2.05) is 49.4 Å². The molecule has 2 heterocycles. The maximum Gasteiger partial charge on any atom is 0.342 e. The number of aromatic nitrogens is 4. The summed E-state index contributed by atoms with van der Waals surface area (Å²) in [5.41, 5.74) is 3.36. The molecule has 0 spiro atoms. The van der Waals surface area contributed by atoms with Gasteiger partial charge in [-0.3, -0.25) is 0 Å². The van der Waals surface area contributed by atoms with Crippen LogP contribution in [0, 0.1) is 13.8 Å². The molecule has 0 saturated carbocycles. The number of ether oxygens (including phenoxy) is 2. The van der Waals surface area contributed by atoms with E-state index in [-0.39, 0.29) is 12.5 Å². The molecule has 0 aliphatic heterocycles. The van der Waals surface area contributed by atoms with Crippen molar-refractivity contribution in [3.05, 3.63) is 77.4 Å². The number of benzene rings is 2. The van der Waals surface area contributed by atoms with Crippen molar-refractivity contribution in [3.8, 4) is 22.8 Å². The zero-order valence-electron chi connectivity index (χ0n) is 16.8. The Bertz CT molecular complexity index is 1160.